The number of aliphatic hydroxyl groups is 1. The number of rotatable bonds is 3. The number of nitrogens with zero attached hydrogens (tertiary/aromatic N) is 1. The molecule has 2 aliphatic heterocycles. The van der Waals surface area contributed by atoms with Crippen molar-refractivity contribution in [3.63, 3.8) is 0 Å². The third kappa shape index (κ3) is 1.58. The summed E-state index contributed by atoms with van der Waals surface area (Å²) in [6.45, 7) is 1.59. The largest absolute Gasteiger partial charge is 0.477 e. The molecule has 1 saturated heterocycles. The molecule has 3 aliphatic rings. The number of carboxylic acid groups (broad SMARTS) is 1. The van der Waals surface area contributed by atoms with Crippen molar-refractivity contribution in [2.24, 2.45) is 11.8 Å². The van der Waals surface area contributed by atoms with Crippen LogP contribution in [0.3, 0.4) is 0 Å². The topological polar surface area (TPSA) is 87.1 Å². The lowest BCUT2D eigenvalue weighted by atomic mass is 9.72. The Hall–Kier alpha value is -1.40. The number of ether oxygens (including phenoxy) is 1. The first-order valence-corrected chi connectivity index (χ1v) is 7.00. The fourth-order valence-corrected chi connectivity index (χ4v) is 4.08. The van der Waals surface area contributed by atoms with Crippen molar-refractivity contribution >= 4 is 11.9 Å². The summed E-state index contributed by atoms with van der Waals surface area (Å²) in [5.74, 6) is -1.83. The number of β-lactam (4-membered cyclic amide) rings is 1. The van der Waals surface area contributed by atoms with Gasteiger partial charge in [-0.3, -0.25) is 4.79 Å². The van der Waals surface area contributed by atoms with Crippen LogP contribution in [0.25, 0.3) is 0 Å². The van der Waals surface area contributed by atoms with Crippen molar-refractivity contribution in [2.45, 2.75) is 44.4 Å². The van der Waals surface area contributed by atoms with Gasteiger partial charge in [-0.05, 0) is 31.8 Å². The molecule has 0 aromatic heterocycles. The normalized spacial score (nSPS) is 37.4. The average Bonchev–Trinajstić information content (AvgIpc) is 2.69. The molecule has 0 bridgehead atoms. The summed E-state index contributed by atoms with van der Waals surface area (Å²) in [5, 5.41) is 19.2. The van der Waals surface area contributed by atoms with Crippen molar-refractivity contribution in [2.75, 3.05) is 7.11 Å². The molecule has 2 fully saturated rings. The average molecular weight is 281 g/mol. The van der Waals surface area contributed by atoms with Gasteiger partial charge in [-0.1, -0.05) is 0 Å². The van der Waals surface area contributed by atoms with Crippen LogP contribution in [-0.2, 0) is 14.3 Å². The summed E-state index contributed by atoms with van der Waals surface area (Å²) in [7, 11) is 1.57. The Morgan fingerprint density at radius 2 is 2.15 bits per heavy atom. The Bertz CT molecular complexity index is 498. The Kier molecular flexibility index (Phi) is 3.10. The molecule has 6 heteroatoms. The fourth-order valence-electron chi connectivity index (χ4n) is 4.08. The maximum Gasteiger partial charge on any atom is 0.352 e. The first-order chi connectivity index (χ1) is 9.49. The second-order valence-corrected chi connectivity index (χ2v) is 5.84. The van der Waals surface area contributed by atoms with Crippen molar-refractivity contribution in [3.05, 3.63) is 11.3 Å². The van der Waals surface area contributed by atoms with Gasteiger partial charge in [0, 0.05) is 13.0 Å². The van der Waals surface area contributed by atoms with Gasteiger partial charge in [-0.15, -0.1) is 0 Å². The number of hydrogen-bond donors (Lipinski definition) is 2. The maximum absolute atomic E-state index is 12.2. The Morgan fingerprint density at radius 1 is 1.45 bits per heavy atom. The minimum Gasteiger partial charge on any atom is -0.477 e. The highest BCUT2D eigenvalue weighted by Crippen LogP contribution is 2.52. The van der Waals surface area contributed by atoms with Crippen LogP contribution < -0.4 is 0 Å². The predicted octanol–water partition coefficient (Wildman–Crippen LogP) is 0.362. The molecule has 2 heterocycles. The Balaban J connectivity index is 2.04. The molecule has 5 atom stereocenters. The van der Waals surface area contributed by atoms with Crippen LogP contribution >= 0.6 is 0 Å². The van der Waals surface area contributed by atoms with Gasteiger partial charge in [-0.25, -0.2) is 4.79 Å². The molecule has 1 amide bonds. The van der Waals surface area contributed by atoms with Gasteiger partial charge >= 0.3 is 5.97 Å². The summed E-state index contributed by atoms with van der Waals surface area (Å²) in [5.41, 5.74) is 0.834. The molecule has 1 saturated carbocycles. The molecule has 1 aliphatic carbocycles. The van der Waals surface area contributed by atoms with Crippen molar-refractivity contribution in [3.8, 4) is 0 Å². The molecule has 0 aromatic rings. The highest BCUT2D eigenvalue weighted by Gasteiger charge is 2.62. The van der Waals surface area contributed by atoms with Crippen LogP contribution in [0.5, 0.6) is 0 Å². The summed E-state index contributed by atoms with van der Waals surface area (Å²) in [6, 6.07) is -0.207. The minimum atomic E-state index is -1.08. The van der Waals surface area contributed by atoms with Crippen LogP contribution in [0.4, 0.5) is 0 Å². The summed E-state index contributed by atoms with van der Waals surface area (Å²) in [6.07, 6.45) is 1.61. The number of methoxy groups -OCH3 is 1. The molecule has 0 aromatic carbocycles. The molecule has 0 spiro atoms. The molecular formula is C14H19NO5. The van der Waals surface area contributed by atoms with Crippen LogP contribution in [0.2, 0.25) is 0 Å². The monoisotopic (exact) mass is 281 g/mol. The van der Waals surface area contributed by atoms with Gasteiger partial charge in [0.2, 0.25) is 5.91 Å². The lowest BCUT2D eigenvalue weighted by Crippen LogP contribution is -2.64. The number of carbonyl (C=O) groups excluding carboxylic acids is 1. The van der Waals surface area contributed by atoms with E-state index in [1.165, 1.54) is 4.90 Å². The van der Waals surface area contributed by atoms with Crippen LogP contribution in [0.15, 0.2) is 11.3 Å². The first-order valence-electron chi connectivity index (χ1n) is 7.00. The van der Waals surface area contributed by atoms with Crippen LogP contribution in [0.1, 0.15) is 26.2 Å². The Labute approximate surface area is 117 Å². The number of carboxylic acids is 1. The number of aliphatic hydroxyl groups excluding tert-OH is 1. The summed E-state index contributed by atoms with van der Waals surface area (Å²) < 4.78 is 5.42. The third-order valence-electron chi connectivity index (χ3n) is 4.85. The zero-order valence-corrected chi connectivity index (χ0v) is 11.6. The lowest BCUT2D eigenvalue weighted by Gasteiger charge is -2.47. The number of hydrogen-bond acceptors (Lipinski definition) is 4. The van der Waals surface area contributed by atoms with Crippen molar-refractivity contribution in [1.29, 1.82) is 0 Å². The molecular weight excluding hydrogens is 262 g/mol. The third-order valence-corrected chi connectivity index (χ3v) is 4.85. The van der Waals surface area contributed by atoms with Crippen molar-refractivity contribution in [1.82, 2.24) is 4.90 Å². The minimum absolute atomic E-state index is 0.0112. The maximum atomic E-state index is 12.2. The van der Waals surface area contributed by atoms with Crippen LogP contribution in [-0.4, -0.2) is 52.3 Å². The molecule has 3 rings (SSSR count). The fraction of sp³-hybridized carbons (Fsp3) is 0.714. The molecule has 20 heavy (non-hydrogen) atoms. The van der Waals surface area contributed by atoms with Crippen LogP contribution in [0, 0.1) is 11.8 Å². The van der Waals surface area contributed by atoms with E-state index in [4.69, 9.17) is 4.74 Å². The highest BCUT2D eigenvalue weighted by atomic mass is 16.5. The number of fused-ring (bicyclic) bond motifs is 3. The second-order valence-electron chi connectivity index (χ2n) is 5.84. The SMILES string of the molecule is CO[C@@H]1CCC[C@H]2C1=C(C(=O)O)N1C(=O)[C@H]([C@@H](C)O)C21. The van der Waals surface area contributed by atoms with E-state index in [0.29, 0.717) is 0 Å². The highest BCUT2D eigenvalue weighted by molar-refractivity contribution is 6.00. The Morgan fingerprint density at radius 3 is 2.70 bits per heavy atom. The van der Waals surface area contributed by atoms with Gasteiger partial charge in [0.1, 0.15) is 5.70 Å². The smallest absolute Gasteiger partial charge is 0.352 e. The molecule has 6 nitrogen and oxygen atoms in total. The quantitative estimate of drug-likeness (QED) is 0.729. The summed E-state index contributed by atoms with van der Waals surface area (Å²) in [4.78, 5) is 25.1. The van der Waals surface area contributed by atoms with Gasteiger partial charge in [0.25, 0.3) is 0 Å². The van der Waals surface area contributed by atoms with E-state index in [9.17, 15) is 19.8 Å². The van der Waals surface area contributed by atoms with Crippen molar-refractivity contribution < 1.29 is 24.5 Å². The predicted molar refractivity (Wildman–Crippen MR) is 68.6 cm³/mol. The standard InChI is InChI=1S/C14H19NO5/c1-6(16)9-11-7-4-3-5-8(20-2)10(7)12(14(18)19)15(11)13(9)17/h6-9,11,16H,3-5H2,1-2H3,(H,18,19)/t6-,7+,8-,9-,11?/m1/s1. The van der Waals surface area contributed by atoms with Gasteiger partial charge in [-0.2, -0.15) is 0 Å². The van der Waals surface area contributed by atoms with Gasteiger partial charge in [0.15, 0.2) is 0 Å². The lowest BCUT2D eigenvalue weighted by molar-refractivity contribution is -0.163. The zero-order valence-electron chi connectivity index (χ0n) is 11.6. The number of aliphatic carboxylic acids is 1. The summed E-state index contributed by atoms with van der Waals surface area (Å²) >= 11 is 0. The van der Waals surface area contributed by atoms with Gasteiger partial charge in [0.05, 0.1) is 24.2 Å². The first kappa shape index (κ1) is 13.6. The van der Waals surface area contributed by atoms with E-state index in [1.54, 1.807) is 14.0 Å². The van der Waals surface area contributed by atoms with E-state index in [2.05, 4.69) is 0 Å². The molecule has 0 radical (unpaired) electrons. The molecule has 110 valence electrons. The number of carbonyl (C=O) groups is 2. The molecule has 2 N–H and O–H groups in total. The van der Waals surface area contributed by atoms with Gasteiger partial charge < -0.3 is 19.8 Å². The van der Waals surface area contributed by atoms with E-state index in [0.717, 1.165) is 24.8 Å². The van der Waals surface area contributed by atoms with E-state index < -0.39 is 18.0 Å². The number of amides is 1. The van der Waals surface area contributed by atoms with E-state index in [1.807, 2.05) is 0 Å². The van der Waals surface area contributed by atoms with E-state index >= 15 is 0 Å². The second kappa shape index (κ2) is 4.56. The molecule has 1 unspecified atom stereocenters. The van der Waals surface area contributed by atoms with E-state index in [-0.39, 0.29) is 29.7 Å². The zero-order chi connectivity index (χ0) is 14.6.